The maximum absolute atomic E-state index is 12.5. The summed E-state index contributed by atoms with van der Waals surface area (Å²) >= 11 is 6.14. The molecule has 15 nitrogen and oxygen atoms in total. The average Bonchev–Trinajstić information content (AvgIpc) is 3.11. The molecule has 0 radical (unpaired) electrons. The van der Waals surface area contributed by atoms with Crippen molar-refractivity contribution in [3.05, 3.63) is 70.7 Å². The molecule has 5 rings (SSSR count). The molecule has 2 aromatic carbocycles. The van der Waals surface area contributed by atoms with Crippen LogP contribution in [0.15, 0.2) is 54.6 Å². The van der Waals surface area contributed by atoms with Gasteiger partial charge in [-0.05, 0) is 23.3 Å². The van der Waals surface area contributed by atoms with Gasteiger partial charge in [-0.2, -0.15) is 0 Å². The van der Waals surface area contributed by atoms with E-state index in [0.29, 0.717) is 11.6 Å². The molecule has 0 saturated carbocycles. The zero-order valence-corrected chi connectivity index (χ0v) is 27.5. The molecule has 0 spiro atoms. The number of nitrogens with zero attached hydrogens (tertiary/aromatic N) is 2. The molecule has 49 heavy (non-hydrogen) atoms. The Morgan fingerprint density at radius 3 is 2.16 bits per heavy atom. The van der Waals surface area contributed by atoms with E-state index in [4.69, 9.17) is 35.3 Å². The first-order chi connectivity index (χ1) is 23.6. The van der Waals surface area contributed by atoms with Crippen molar-refractivity contribution in [2.75, 3.05) is 59.2 Å². The van der Waals surface area contributed by atoms with E-state index in [0.717, 1.165) is 31.7 Å². The van der Waals surface area contributed by atoms with Gasteiger partial charge in [-0.25, -0.2) is 4.79 Å². The van der Waals surface area contributed by atoms with Crippen molar-refractivity contribution in [2.24, 2.45) is 0 Å². The van der Waals surface area contributed by atoms with Crippen molar-refractivity contribution in [3.8, 4) is 0 Å². The van der Waals surface area contributed by atoms with E-state index < -0.39 is 80.6 Å². The number of piperazine rings is 1. The highest BCUT2D eigenvalue weighted by Crippen LogP contribution is 2.31. The van der Waals surface area contributed by atoms with Crippen LogP contribution < -0.4 is 0 Å². The molecule has 3 saturated heterocycles. The number of esters is 1. The van der Waals surface area contributed by atoms with Crippen LogP contribution in [0.3, 0.4) is 0 Å². The average molecular weight is 713 g/mol. The van der Waals surface area contributed by atoms with Crippen molar-refractivity contribution in [1.29, 1.82) is 0 Å². The Labute approximate surface area is 288 Å². The predicted octanol–water partition coefficient (Wildman–Crippen LogP) is -1.77. The van der Waals surface area contributed by atoms with Crippen LogP contribution in [0.1, 0.15) is 17.2 Å². The Bertz CT molecular complexity index is 1300. The van der Waals surface area contributed by atoms with Crippen LogP contribution >= 0.6 is 11.6 Å². The van der Waals surface area contributed by atoms with E-state index in [2.05, 4.69) is 34.1 Å². The molecule has 2 aromatic rings. The minimum absolute atomic E-state index is 0.0903. The molecule has 3 heterocycles. The molecule has 16 heteroatoms. The molecule has 272 valence electrons. The Morgan fingerprint density at radius 2 is 1.49 bits per heavy atom. The third kappa shape index (κ3) is 9.52. The predicted molar refractivity (Wildman–Crippen MR) is 171 cm³/mol. The van der Waals surface area contributed by atoms with Crippen molar-refractivity contribution >= 4 is 17.6 Å². The van der Waals surface area contributed by atoms with E-state index in [-0.39, 0.29) is 19.3 Å². The van der Waals surface area contributed by atoms with Gasteiger partial charge in [0.2, 0.25) is 0 Å². The number of carbonyl (C=O) groups excluding carboxylic acids is 1. The lowest BCUT2D eigenvalue weighted by molar-refractivity contribution is -0.355. The fraction of sp³-hybridized carbons (Fsp3) is 0.606. The third-order valence-corrected chi connectivity index (χ3v) is 9.30. The molecule has 3 aliphatic rings. The molecular formula is C33H45ClN2O13. The lowest BCUT2D eigenvalue weighted by Crippen LogP contribution is -2.64. The number of rotatable bonds is 13. The Morgan fingerprint density at radius 1 is 0.816 bits per heavy atom. The van der Waals surface area contributed by atoms with E-state index in [9.17, 15) is 40.5 Å². The van der Waals surface area contributed by atoms with Crippen LogP contribution in [0.25, 0.3) is 0 Å². The number of halogens is 1. The summed E-state index contributed by atoms with van der Waals surface area (Å²) in [7, 11) is 0. The van der Waals surface area contributed by atoms with E-state index in [1.54, 1.807) is 0 Å². The summed E-state index contributed by atoms with van der Waals surface area (Å²) in [4.78, 5) is 17.2. The highest BCUT2D eigenvalue weighted by atomic mass is 35.5. The lowest BCUT2D eigenvalue weighted by Gasteiger charge is -2.45. The highest BCUT2D eigenvalue weighted by Gasteiger charge is 2.50. The van der Waals surface area contributed by atoms with Gasteiger partial charge in [-0.1, -0.05) is 54.1 Å². The number of ether oxygens (including phenoxy) is 5. The molecule has 0 aliphatic carbocycles. The second kappa shape index (κ2) is 17.7. The summed E-state index contributed by atoms with van der Waals surface area (Å²) in [6.45, 7) is 2.47. The van der Waals surface area contributed by atoms with Crippen molar-refractivity contribution in [3.63, 3.8) is 0 Å². The van der Waals surface area contributed by atoms with Gasteiger partial charge in [0.15, 0.2) is 12.6 Å². The van der Waals surface area contributed by atoms with Crippen LogP contribution in [0.2, 0.25) is 5.02 Å². The Hall–Kier alpha value is -2.32. The first-order valence-electron chi connectivity index (χ1n) is 16.2. The number of hydrogen-bond acceptors (Lipinski definition) is 15. The first-order valence-corrected chi connectivity index (χ1v) is 16.6. The number of benzene rings is 2. The maximum Gasteiger partial charge on any atom is 0.332 e. The van der Waals surface area contributed by atoms with Crippen LogP contribution in [-0.4, -0.2) is 172 Å². The quantitative estimate of drug-likeness (QED) is 0.0905. The number of aliphatic hydroxyl groups excluding tert-OH is 7. The summed E-state index contributed by atoms with van der Waals surface area (Å²) < 4.78 is 27.0. The summed E-state index contributed by atoms with van der Waals surface area (Å²) in [5, 5.41) is 71.3. The minimum Gasteiger partial charge on any atom is -0.461 e. The normalized spacial score (nSPS) is 33.6. The number of hydrogen-bond donors (Lipinski definition) is 7. The Kier molecular flexibility index (Phi) is 13.7. The van der Waals surface area contributed by atoms with Gasteiger partial charge in [0, 0.05) is 37.7 Å². The van der Waals surface area contributed by atoms with Gasteiger partial charge < -0.3 is 59.4 Å². The van der Waals surface area contributed by atoms with Crippen LogP contribution in [0.4, 0.5) is 0 Å². The van der Waals surface area contributed by atoms with Crippen LogP contribution in [-0.2, 0) is 28.5 Å². The zero-order chi connectivity index (χ0) is 35.1. The van der Waals surface area contributed by atoms with Crippen molar-refractivity contribution < 1.29 is 64.2 Å². The van der Waals surface area contributed by atoms with Gasteiger partial charge >= 0.3 is 5.97 Å². The van der Waals surface area contributed by atoms with Crippen LogP contribution in [0, 0.1) is 0 Å². The summed E-state index contributed by atoms with van der Waals surface area (Å²) in [5.74, 6) is -0.760. The lowest BCUT2D eigenvalue weighted by atomic mass is 9.96. The fourth-order valence-electron chi connectivity index (χ4n) is 6.26. The summed E-state index contributed by atoms with van der Waals surface area (Å²) in [5.41, 5.74) is 2.36. The van der Waals surface area contributed by atoms with Gasteiger partial charge in [-0.3, -0.25) is 9.80 Å². The molecule has 0 bridgehead atoms. The second-order valence-corrected chi connectivity index (χ2v) is 12.8. The zero-order valence-electron chi connectivity index (χ0n) is 26.8. The maximum atomic E-state index is 12.5. The summed E-state index contributed by atoms with van der Waals surface area (Å²) in [6.07, 6.45) is -16.5. The van der Waals surface area contributed by atoms with Gasteiger partial charge in [-0.15, -0.1) is 0 Å². The van der Waals surface area contributed by atoms with Gasteiger partial charge in [0.05, 0.1) is 19.3 Å². The Balaban J connectivity index is 1.06. The number of carbonyl (C=O) groups is 1. The molecule has 1 unspecified atom stereocenters. The molecule has 0 amide bonds. The SMILES string of the molecule is O=C(COCCN1CCN(C(c2ccccc2)c2ccc(Cl)cc2)CC1)OC[C@H]1O[C@@H](O)[C@H](O)[C@@H](O)[C@@H]1O[C@@H]1O[C@H](CO)[C@H](O)[C@H](O)[C@H]1O. The second-order valence-electron chi connectivity index (χ2n) is 12.3. The first kappa shape index (κ1) is 37.9. The molecule has 0 aromatic heterocycles. The topological polar surface area (TPSA) is 211 Å². The number of aliphatic hydroxyl groups is 7. The highest BCUT2D eigenvalue weighted by molar-refractivity contribution is 6.30. The smallest absolute Gasteiger partial charge is 0.332 e. The van der Waals surface area contributed by atoms with E-state index in [1.807, 2.05) is 30.3 Å². The van der Waals surface area contributed by atoms with Gasteiger partial charge in [0.25, 0.3) is 0 Å². The van der Waals surface area contributed by atoms with Gasteiger partial charge in [0.1, 0.15) is 62.0 Å². The molecule has 3 fully saturated rings. The standard InChI is InChI=1S/C33H45ClN2O13/c34-21-8-6-20(7-9-21)25(19-4-2-1-3-5-19)36-12-10-35(11-13-36)14-15-45-18-24(38)46-17-23-31(28(41)29(42)32(44)47-23)49-33-30(43)27(40)26(39)22(16-37)48-33/h1-9,22-23,25-33,37,39-44H,10-18H2/t22-,23-,25?,26+,27+,28-,29-,30-,31-,32-,33+/m1/s1. The molecular weight excluding hydrogens is 668 g/mol. The largest absolute Gasteiger partial charge is 0.461 e. The summed E-state index contributed by atoms with van der Waals surface area (Å²) in [6, 6.07) is 18.3. The minimum atomic E-state index is -1.85. The molecule has 7 N–H and O–H groups in total. The fourth-order valence-corrected chi connectivity index (χ4v) is 6.39. The van der Waals surface area contributed by atoms with E-state index >= 15 is 0 Å². The third-order valence-electron chi connectivity index (χ3n) is 9.05. The van der Waals surface area contributed by atoms with E-state index in [1.165, 1.54) is 5.56 Å². The van der Waals surface area contributed by atoms with Crippen molar-refractivity contribution in [2.45, 2.75) is 67.5 Å². The molecule has 3 aliphatic heterocycles. The van der Waals surface area contributed by atoms with Crippen LogP contribution in [0.5, 0.6) is 0 Å². The molecule has 11 atom stereocenters. The van der Waals surface area contributed by atoms with Crippen molar-refractivity contribution in [1.82, 2.24) is 9.80 Å². The monoisotopic (exact) mass is 712 g/mol.